The maximum atomic E-state index is 13.7. The van der Waals surface area contributed by atoms with Crippen LogP contribution in [0.2, 0.25) is 0 Å². The van der Waals surface area contributed by atoms with E-state index in [1.54, 1.807) is 9.80 Å². The summed E-state index contributed by atoms with van der Waals surface area (Å²) in [6.07, 6.45) is 7.85. The molecule has 186 valence electrons. The van der Waals surface area contributed by atoms with E-state index in [2.05, 4.69) is 27.7 Å². The van der Waals surface area contributed by atoms with Crippen LogP contribution in [0, 0.1) is 5.92 Å². The Morgan fingerprint density at radius 2 is 1.65 bits per heavy atom. The molecule has 1 aromatic rings. The second-order valence-corrected chi connectivity index (χ2v) is 10.4. The van der Waals surface area contributed by atoms with Crippen molar-refractivity contribution in [2.45, 2.75) is 96.3 Å². The van der Waals surface area contributed by atoms with E-state index in [-0.39, 0.29) is 29.1 Å². The van der Waals surface area contributed by atoms with Crippen molar-refractivity contribution in [3.05, 3.63) is 29.8 Å². The number of nitrogens with zero attached hydrogens (tertiary/aromatic N) is 2. The van der Waals surface area contributed by atoms with Crippen LogP contribution in [0.5, 0.6) is 0 Å². The first-order chi connectivity index (χ1) is 16.3. The van der Waals surface area contributed by atoms with Gasteiger partial charge in [-0.25, -0.2) is 0 Å². The van der Waals surface area contributed by atoms with E-state index < -0.39 is 7.12 Å². The summed E-state index contributed by atoms with van der Waals surface area (Å²) in [7, 11) is 1.35. The molecule has 2 saturated heterocycles. The normalized spacial score (nSPS) is 24.4. The smallest absolute Gasteiger partial charge is 0.399 e. The zero-order valence-electron chi connectivity index (χ0n) is 21.6. The van der Waals surface area contributed by atoms with Crippen LogP contribution in [0.1, 0.15) is 89.4 Å². The number of carbonyl (C=O) groups is 2. The van der Waals surface area contributed by atoms with Gasteiger partial charge in [0.05, 0.1) is 11.2 Å². The Morgan fingerprint density at radius 3 is 2.18 bits per heavy atom. The third-order valence-corrected chi connectivity index (χ3v) is 8.94. The largest absolute Gasteiger partial charge is 0.494 e. The van der Waals surface area contributed by atoms with Gasteiger partial charge in [0.15, 0.2) is 0 Å². The maximum absolute atomic E-state index is 13.7. The minimum atomic E-state index is -0.493. The van der Waals surface area contributed by atoms with Crippen LogP contribution >= 0.6 is 0 Å². The number of amides is 2. The molecule has 1 saturated carbocycles. The number of benzene rings is 1. The minimum absolute atomic E-state index is 0.0662. The van der Waals surface area contributed by atoms with Crippen molar-refractivity contribution < 1.29 is 18.9 Å². The summed E-state index contributed by atoms with van der Waals surface area (Å²) in [6, 6.07) is 7.29. The summed E-state index contributed by atoms with van der Waals surface area (Å²) < 4.78 is 13.3. The summed E-state index contributed by atoms with van der Waals surface area (Å²) in [6.45, 7) is 9.82. The molecule has 2 heterocycles. The first kappa shape index (κ1) is 25.2. The molecule has 0 aromatic heterocycles. The van der Waals surface area contributed by atoms with Crippen LogP contribution in [0.3, 0.4) is 0 Å². The van der Waals surface area contributed by atoms with Crippen molar-refractivity contribution in [3.63, 3.8) is 0 Å². The summed E-state index contributed by atoms with van der Waals surface area (Å²) >= 11 is 0. The summed E-state index contributed by atoms with van der Waals surface area (Å²) in [4.78, 5) is 30.2. The molecule has 0 bridgehead atoms. The lowest BCUT2D eigenvalue weighted by atomic mass is 9.75. The van der Waals surface area contributed by atoms with Crippen LogP contribution in [-0.4, -0.2) is 66.1 Å². The zero-order chi connectivity index (χ0) is 24.5. The quantitative estimate of drug-likeness (QED) is 0.541. The first-order valence-corrected chi connectivity index (χ1v) is 13.3. The summed E-state index contributed by atoms with van der Waals surface area (Å²) in [5, 5.41) is 0. The van der Waals surface area contributed by atoms with E-state index in [1.807, 2.05) is 31.3 Å². The highest BCUT2D eigenvalue weighted by Crippen LogP contribution is 2.46. The average molecular weight is 468 g/mol. The van der Waals surface area contributed by atoms with Crippen LogP contribution in [0.15, 0.2) is 24.3 Å². The fourth-order valence-electron chi connectivity index (χ4n) is 6.32. The topological polar surface area (TPSA) is 59.1 Å². The van der Waals surface area contributed by atoms with Crippen LogP contribution < -0.4 is 5.46 Å². The molecular formula is C27H41BN2O4. The molecule has 1 aromatic carbocycles. The van der Waals surface area contributed by atoms with Gasteiger partial charge in [0.1, 0.15) is 6.04 Å². The molecule has 6 nitrogen and oxygen atoms in total. The van der Waals surface area contributed by atoms with Gasteiger partial charge in [-0.2, -0.15) is 0 Å². The van der Waals surface area contributed by atoms with Gasteiger partial charge in [0.25, 0.3) is 5.91 Å². The van der Waals surface area contributed by atoms with Gasteiger partial charge < -0.3 is 19.1 Å². The molecule has 0 radical (unpaired) electrons. The maximum Gasteiger partial charge on any atom is 0.494 e. The Labute approximate surface area is 205 Å². The standard InChI is InChI=1S/C27H41BN2O4/c1-6-26(7-2)27(8-3,9-4)34-28(33-26)22-15-11-14-21(19-22)24(31)30-17-16-29(5)25(32)23(30)18-20-12-10-13-20/h11,14-15,19-20,23H,6-10,12-13,16-18H2,1-5H3. The van der Waals surface area contributed by atoms with Gasteiger partial charge in [0, 0.05) is 25.7 Å². The van der Waals surface area contributed by atoms with E-state index >= 15 is 0 Å². The third kappa shape index (κ3) is 4.19. The Balaban J connectivity index is 1.58. The van der Waals surface area contributed by atoms with E-state index in [1.165, 1.54) is 6.42 Å². The molecule has 34 heavy (non-hydrogen) atoms. The summed E-state index contributed by atoms with van der Waals surface area (Å²) in [5.41, 5.74) is 0.805. The van der Waals surface area contributed by atoms with Crippen molar-refractivity contribution in [1.29, 1.82) is 0 Å². The molecule has 2 aliphatic heterocycles. The Hall–Kier alpha value is -1.86. The molecular weight excluding hydrogens is 427 g/mol. The predicted molar refractivity (Wildman–Crippen MR) is 135 cm³/mol. The summed E-state index contributed by atoms with van der Waals surface area (Å²) in [5.74, 6) is 0.548. The SMILES string of the molecule is CCC1(CC)OB(c2cccc(C(=O)N3CCN(C)C(=O)C3CC3CCC3)c2)OC1(CC)CC. The van der Waals surface area contributed by atoms with Gasteiger partial charge in [-0.1, -0.05) is 59.1 Å². The Morgan fingerprint density at radius 1 is 1.03 bits per heavy atom. The van der Waals surface area contributed by atoms with Crippen LogP contribution in [-0.2, 0) is 14.1 Å². The highest BCUT2D eigenvalue weighted by molar-refractivity contribution is 6.62. The van der Waals surface area contributed by atoms with Gasteiger partial charge in [0.2, 0.25) is 5.91 Å². The highest BCUT2D eigenvalue weighted by atomic mass is 16.7. The Bertz CT molecular complexity index is 874. The van der Waals surface area contributed by atoms with Gasteiger partial charge in [-0.3, -0.25) is 9.59 Å². The van der Waals surface area contributed by atoms with Crippen LogP contribution in [0.4, 0.5) is 0 Å². The lowest BCUT2D eigenvalue weighted by Crippen LogP contribution is -2.58. The number of likely N-dealkylation sites (N-methyl/N-ethyl adjacent to an activating group) is 1. The van der Waals surface area contributed by atoms with Gasteiger partial charge in [-0.05, 0) is 55.6 Å². The number of piperazine rings is 1. The lowest BCUT2D eigenvalue weighted by Gasteiger charge is -2.42. The predicted octanol–water partition coefficient (Wildman–Crippen LogP) is 4.02. The molecule has 0 spiro atoms. The van der Waals surface area contributed by atoms with E-state index in [0.717, 1.165) is 50.4 Å². The second kappa shape index (κ2) is 10.0. The first-order valence-electron chi connectivity index (χ1n) is 13.3. The average Bonchev–Trinajstić information content (AvgIpc) is 3.19. The van der Waals surface area contributed by atoms with Gasteiger partial charge in [-0.15, -0.1) is 0 Å². The van der Waals surface area contributed by atoms with Crippen molar-refractivity contribution in [2.24, 2.45) is 5.92 Å². The number of carbonyl (C=O) groups excluding carboxylic acids is 2. The molecule has 7 heteroatoms. The number of rotatable bonds is 8. The molecule has 4 rings (SSSR count). The van der Waals surface area contributed by atoms with E-state index in [9.17, 15) is 9.59 Å². The number of hydrogen-bond donors (Lipinski definition) is 0. The minimum Gasteiger partial charge on any atom is -0.399 e. The fourth-order valence-corrected chi connectivity index (χ4v) is 6.32. The molecule has 1 atom stereocenters. The monoisotopic (exact) mass is 468 g/mol. The van der Waals surface area contributed by atoms with Crippen molar-refractivity contribution in [1.82, 2.24) is 9.80 Å². The molecule has 0 N–H and O–H groups in total. The zero-order valence-corrected chi connectivity index (χ0v) is 21.6. The van der Waals surface area contributed by atoms with Crippen LogP contribution in [0.25, 0.3) is 0 Å². The van der Waals surface area contributed by atoms with E-state index in [4.69, 9.17) is 9.31 Å². The van der Waals surface area contributed by atoms with Gasteiger partial charge >= 0.3 is 7.12 Å². The fraction of sp³-hybridized carbons (Fsp3) is 0.704. The third-order valence-electron chi connectivity index (χ3n) is 8.94. The molecule has 1 unspecified atom stereocenters. The lowest BCUT2D eigenvalue weighted by molar-refractivity contribution is -0.139. The van der Waals surface area contributed by atoms with E-state index in [0.29, 0.717) is 24.6 Å². The van der Waals surface area contributed by atoms with Crippen molar-refractivity contribution in [2.75, 3.05) is 20.1 Å². The highest BCUT2D eigenvalue weighted by Gasteiger charge is 2.58. The number of hydrogen-bond acceptors (Lipinski definition) is 4. The van der Waals surface area contributed by atoms with Crippen molar-refractivity contribution in [3.8, 4) is 0 Å². The molecule has 1 aliphatic carbocycles. The Kier molecular flexibility index (Phi) is 7.44. The molecule has 3 fully saturated rings. The van der Waals surface area contributed by atoms with Crippen molar-refractivity contribution >= 4 is 24.4 Å². The molecule has 3 aliphatic rings. The molecule has 2 amide bonds. The second-order valence-electron chi connectivity index (χ2n) is 10.4.